The van der Waals surface area contributed by atoms with Gasteiger partial charge in [0.15, 0.2) is 0 Å². The van der Waals surface area contributed by atoms with Gasteiger partial charge in [0, 0.05) is 32.2 Å². The van der Waals surface area contributed by atoms with Gasteiger partial charge in [-0.2, -0.15) is 5.10 Å². The van der Waals surface area contributed by atoms with E-state index in [4.69, 9.17) is 0 Å². The van der Waals surface area contributed by atoms with Crippen molar-refractivity contribution in [1.29, 1.82) is 0 Å². The van der Waals surface area contributed by atoms with Crippen LogP contribution in [0.3, 0.4) is 0 Å². The highest BCUT2D eigenvalue weighted by molar-refractivity contribution is 5.88. The highest BCUT2D eigenvalue weighted by Gasteiger charge is 2.16. The lowest BCUT2D eigenvalue weighted by Gasteiger charge is -2.27. The van der Waals surface area contributed by atoms with Gasteiger partial charge in [-0.15, -0.1) is 0 Å². The van der Waals surface area contributed by atoms with Crippen LogP contribution in [0.25, 0.3) is 0 Å². The molecule has 1 aromatic carbocycles. The van der Waals surface area contributed by atoms with Crippen LogP contribution in [-0.2, 0) is 12.8 Å². The summed E-state index contributed by atoms with van der Waals surface area (Å²) in [5.74, 6) is 0.659. The number of aromatic nitrogens is 2. The number of nitrogens with one attached hydrogen (secondary N) is 3. The van der Waals surface area contributed by atoms with Gasteiger partial charge in [-0.25, -0.2) is 4.79 Å². The van der Waals surface area contributed by atoms with Crippen molar-refractivity contribution in [2.24, 2.45) is 0 Å². The SMILES string of the molecule is O=C(Nc1cc(CCc2ccccc2)n[nH]1)N1CCNCC1. The molecule has 3 N–H and O–H groups in total. The van der Waals surface area contributed by atoms with Crippen molar-refractivity contribution in [3.8, 4) is 0 Å². The van der Waals surface area contributed by atoms with Gasteiger partial charge in [-0.05, 0) is 18.4 Å². The Morgan fingerprint density at radius 2 is 1.95 bits per heavy atom. The molecule has 6 heteroatoms. The molecule has 0 saturated carbocycles. The summed E-state index contributed by atoms with van der Waals surface area (Å²) in [5, 5.41) is 13.2. The summed E-state index contributed by atoms with van der Waals surface area (Å²) in [5.41, 5.74) is 2.25. The molecule has 1 aromatic heterocycles. The Morgan fingerprint density at radius 3 is 2.73 bits per heavy atom. The monoisotopic (exact) mass is 299 g/mol. The second kappa shape index (κ2) is 7.09. The Bertz CT molecular complexity index is 604. The van der Waals surface area contributed by atoms with Gasteiger partial charge in [0.25, 0.3) is 0 Å². The number of amides is 2. The lowest BCUT2D eigenvalue weighted by molar-refractivity contribution is 0.204. The van der Waals surface area contributed by atoms with Crippen LogP contribution < -0.4 is 10.6 Å². The third kappa shape index (κ3) is 3.85. The zero-order valence-electron chi connectivity index (χ0n) is 12.5. The van der Waals surface area contributed by atoms with E-state index in [1.54, 1.807) is 4.90 Å². The zero-order chi connectivity index (χ0) is 15.2. The molecule has 1 aliphatic rings. The molecule has 2 amide bonds. The van der Waals surface area contributed by atoms with Gasteiger partial charge in [0.1, 0.15) is 5.82 Å². The predicted octanol–water partition coefficient (Wildman–Crippen LogP) is 1.63. The van der Waals surface area contributed by atoms with Gasteiger partial charge in [-0.3, -0.25) is 10.4 Å². The number of carbonyl (C=O) groups excluding carboxylic acids is 1. The van der Waals surface area contributed by atoms with Crippen LogP contribution in [0, 0.1) is 0 Å². The molecule has 0 unspecified atom stereocenters. The Morgan fingerprint density at radius 1 is 1.18 bits per heavy atom. The molecule has 2 heterocycles. The van der Waals surface area contributed by atoms with Gasteiger partial charge >= 0.3 is 6.03 Å². The molecule has 1 aliphatic heterocycles. The highest BCUT2D eigenvalue weighted by Crippen LogP contribution is 2.10. The molecular formula is C16H21N5O. The fraction of sp³-hybridized carbons (Fsp3) is 0.375. The van der Waals surface area contributed by atoms with Crippen molar-refractivity contribution in [3.05, 3.63) is 47.7 Å². The zero-order valence-corrected chi connectivity index (χ0v) is 12.5. The molecule has 116 valence electrons. The van der Waals surface area contributed by atoms with E-state index in [1.807, 2.05) is 24.3 Å². The first-order chi connectivity index (χ1) is 10.8. The average molecular weight is 299 g/mol. The first-order valence-corrected chi connectivity index (χ1v) is 7.66. The fourth-order valence-electron chi connectivity index (χ4n) is 2.53. The minimum atomic E-state index is -0.0697. The van der Waals surface area contributed by atoms with Crippen LogP contribution in [0.15, 0.2) is 36.4 Å². The van der Waals surface area contributed by atoms with Crippen LogP contribution in [0.2, 0.25) is 0 Å². The summed E-state index contributed by atoms with van der Waals surface area (Å²) < 4.78 is 0. The number of anilines is 1. The average Bonchev–Trinajstić information content (AvgIpc) is 3.02. The summed E-state index contributed by atoms with van der Waals surface area (Å²) in [6, 6.07) is 12.2. The van der Waals surface area contributed by atoms with E-state index in [-0.39, 0.29) is 6.03 Å². The topological polar surface area (TPSA) is 73.0 Å². The summed E-state index contributed by atoms with van der Waals surface area (Å²) in [6.45, 7) is 3.17. The maximum absolute atomic E-state index is 12.1. The van der Waals surface area contributed by atoms with Crippen molar-refractivity contribution in [3.63, 3.8) is 0 Å². The maximum Gasteiger partial charge on any atom is 0.323 e. The molecule has 0 spiro atoms. The second-order valence-electron chi connectivity index (χ2n) is 5.43. The second-order valence-corrected chi connectivity index (χ2v) is 5.43. The smallest absolute Gasteiger partial charge is 0.322 e. The van der Waals surface area contributed by atoms with Crippen LogP contribution in [0.5, 0.6) is 0 Å². The Labute approximate surface area is 129 Å². The van der Waals surface area contributed by atoms with Crippen LogP contribution >= 0.6 is 0 Å². The van der Waals surface area contributed by atoms with E-state index in [2.05, 4.69) is 33.0 Å². The Hall–Kier alpha value is -2.34. The van der Waals surface area contributed by atoms with E-state index < -0.39 is 0 Å². The number of aromatic amines is 1. The fourth-order valence-corrected chi connectivity index (χ4v) is 2.53. The largest absolute Gasteiger partial charge is 0.323 e. The van der Waals surface area contributed by atoms with Crippen molar-refractivity contribution in [2.45, 2.75) is 12.8 Å². The lowest BCUT2D eigenvalue weighted by Crippen LogP contribution is -2.48. The first kappa shape index (κ1) is 14.6. The summed E-state index contributed by atoms with van der Waals surface area (Å²) >= 11 is 0. The summed E-state index contributed by atoms with van der Waals surface area (Å²) in [6.07, 6.45) is 1.79. The molecule has 0 bridgehead atoms. The minimum Gasteiger partial charge on any atom is -0.322 e. The predicted molar refractivity (Wildman–Crippen MR) is 85.9 cm³/mol. The third-order valence-corrected chi connectivity index (χ3v) is 3.79. The van der Waals surface area contributed by atoms with E-state index in [0.717, 1.165) is 44.7 Å². The molecular weight excluding hydrogens is 278 g/mol. The van der Waals surface area contributed by atoms with Crippen molar-refractivity contribution >= 4 is 11.8 Å². The standard InChI is InChI=1S/C16H21N5O/c22-16(21-10-8-17-9-11-21)18-15-12-14(19-20-15)7-6-13-4-2-1-3-5-13/h1-5,12,17H,6-11H2,(H2,18,19,20,22). The number of benzene rings is 1. The number of nitrogens with zero attached hydrogens (tertiary/aromatic N) is 2. The minimum absolute atomic E-state index is 0.0697. The maximum atomic E-state index is 12.1. The molecule has 22 heavy (non-hydrogen) atoms. The molecule has 2 aromatic rings. The van der Waals surface area contributed by atoms with Gasteiger partial charge in [0.2, 0.25) is 0 Å². The normalized spacial score (nSPS) is 14.8. The third-order valence-electron chi connectivity index (χ3n) is 3.79. The number of urea groups is 1. The molecule has 0 radical (unpaired) electrons. The molecule has 0 atom stereocenters. The number of hydrogen-bond acceptors (Lipinski definition) is 3. The molecule has 0 aliphatic carbocycles. The number of rotatable bonds is 4. The van der Waals surface area contributed by atoms with Crippen molar-refractivity contribution in [2.75, 3.05) is 31.5 Å². The number of H-pyrrole nitrogens is 1. The quantitative estimate of drug-likeness (QED) is 0.803. The van der Waals surface area contributed by atoms with Gasteiger partial charge in [0.05, 0.1) is 5.69 Å². The summed E-state index contributed by atoms with van der Waals surface area (Å²) in [4.78, 5) is 13.9. The van der Waals surface area contributed by atoms with E-state index in [1.165, 1.54) is 5.56 Å². The Kier molecular flexibility index (Phi) is 4.70. The van der Waals surface area contributed by atoms with Crippen molar-refractivity contribution < 1.29 is 4.79 Å². The van der Waals surface area contributed by atoms with E-state index in [0.29, 0.717) is 5.82 Å². The number of carbonyl (C=O) groups is 1. The molecule has 1 saturated heterocycles. The first-order valence-electron chi connectivity index (χ1n) is 7.66. The lowest BCUT2D eigenvalue weighted by atomic mass is 10.1. The van der Waals surface area contributed by atoms with Gasteiger partial charge < -0.3 is 10.2 Å². The van der Waals surface area contributed by atoms with E-state index in [9.17, 15) is 4.79 Å². The van der Waals surface area contributed by atoms with E-state index >= 15 is 0 Å². The number of hydrogen-bond donors (Lipinski definition) is 3. The Balaban J connectivity index is 1.51. The van der Waals surface area contributed by atoms with Crippen LogP contribution in [0.4, 0.5) is 10.6 Å². The van der Waals surface area contributed by atoms with Crippen LogP contribution in [0.1, 0.15) is 11.3 Å². The van der Waals surface area contributed by atoms with Crippen LogP contribution in [-0.4, -0.2) is 47.3 Å². The highest BCUT2D eigenvalue weighted by atomic mass is 16.2. The van der Waals surface area contributed by atoms with Gasteiger partial charge in [-0.1, -0.05) is 30.3 Å². The molecule has 1 fully saturated rings. The molecule has 6 nitrogen and oxygen atoms in total. The number of piperazine rings is 1. The molecule has 3 rings (SSSR count). The summed E-state index contributed by atoms with van der Waals surface area (Å²) in [7, 11) is 0. The number of aryl methyl sites for hydroxylation is 2. The van der Waals surface area contributed by atoms with Crippen molar-refractivity contribution in [1.82, 2.24) is 20.4 Å².